The lowest BCUT2D eigenvalue weighted by Crippen LogP contribution is -2.68. The number of aliphatic hydroxyl groups is 1. The highest BCUT2D eigenvalue weighted by Gasteiger charge is 2.88. The average Bonchev–Trinajstić information content (AvgIpc) is 3.07. The fourth-order valence-corrected chi connectivity index (χ4v) is 4.34. The number of hydrogen-bond donors (Lipinski definition) is 1. The molecular formula is C26H29F10N5O13. The lowest BCUT2D eigenvalue weighted by molar-refractivity contribution is -0.462. The van der Waals surface area contributed by atoms with Crippen LogP contribution in [0.25, 0.3) is 0 Å². The Hall–Kier alpha value is -4.86. The maximum absolute atomic E-state index is 13.9. The smallest absolute Gasteiger partial charge is 0.464 e. The third kappa shape index (κ3) is 8.91. The van der Waals surface area contributed by atoms with Crippen LogP contribution < -0.4 is 17.1 Å². The molecule has 306 valence electrons. The van der Waals surface area contributed by atoms with Crippen LogP contribution in [0.5, 0.6) is 0 Å². The number of esters is 2. The van der Waals surface area contributed by atoms with Crippen molar-refractivity contribution in [3.63, 3.8) is 0 Å². The summed E-state index contributed by atoms with van der Waals surface area (Å²) in [4.78, 5) is 99.3. The molecule has 0 aliphatic carbocycles. The topological polar surface area (TPSA) is 215 Å². The number of halogens is 10. The Morgan fingerprint density at radius 2 is 1.04 bits per heavy atom. The largest absolute Gasteiger partial charge is 0.473 e. The molecule has 54 heavy (non-hydrogen) atoms. The number of urea groups is 1. The zero-order chi connectivity index (χ0) is 41.6. The van der Waals surface area contributed by atoms with Crippen molar-refractivity contribution in [3.05, 3.63) is 31.5 Å². The normalized spacial score (nSPS) is 14.9. The van der Waals surface area contributed by atoms with Gasteiger partial charge in [-0.3, -0.25) is 29.0 Å². The Labute approximate surface area is 293 Å². The highest BCUT2D eigenvalue weighted by atomic mass is 19.4. The van der Waals surface area contributed by atoms with Gasteiger partial charge in [-0.05, 0) is 0 Å². The molecule has 0 bridgehead atoms. The van der Waals surface area contributed by atoms with E-state index in [0.29, 0.717) is 13.7 Å². The average molecular weight is 810 g/mol. The van der Waals surface area contributed by atoms with E-state index in [1.807, 2.05) is 0 Å². The Morgan fingerprint density at radius 3 is 1.48 bits per heavy atom. The molecule has 1 fully saturated rings. The molecule has 2 rings (SSSR count). The maximum Gasteiger partial charge on any atom is 0.473 e. The summed E-state index contributed by atoms with van der Waals surface area (Å²) in [5, 5.41) is 9.17. The second-order valence-electron chi connectivity index (χ2n) is 10.7. The van der Waals surface area contributed by atoms with Gasteiger partial charge < -0.3 is 24.1 Å². The molecule has 2 heterocycles. The van der Waals surface area contributed by atoms with Crippen molar-refractivity contribution in [2.24, 2.45) is 0 Å². The van der Waals surface area contributed by atoms with E-state index in [4.69, 9.17) is 9.47 Å². The number of ether oxygens (including phenoxy) is 4. The zero-order valence-electron chi connectivity index (χ0n) is 27.6. The van der Waals surface area contributed by atoms with Gasteiger partial charge in [-0.15, -0.1) is 0 Å². The summed E-state index contributed by atoms with van der Waals surface area (Å²) in [6.07, 6.45) is -17.1. The number of aliphatic hydroxyl groups excluding tert-OH is 1. The van der Waals surface area contributed by atoms with Gasteiger partial charge in [0.1, 0.15) is 13.0 Å². The van der Waals surface area contributed by atoms with E-state index in [-0.39, 0.29) is 30.1 Å². The molecule has 1 aromatic heterocycles. The summed E-state index contributed by atoms with van der Waals surface area (Å²) in [6, 6.07) is -1.64. The van der Waals surface area contributed by atoms with E-state index in [1.165, 1.54) is 7.11 Å². The third-order valence-corrected chi connectivity index (χ3v) is 7.27. The molecule has 0 saturated carbocycles. The Bertz CT molecular complexity index is 1780. The van der Waals surface area contributed by atoms with Gasteiger partial charge in [0.25, 0.3) is 0 Å². The second kappa shape index (κ2) is 17.1. The lowest BCUT2D eigenvalue weighted by atomic mass is 10.0. The maximum atomic E-state index is 13.9. The molecular weight excluding hydrogens is 780 g/mol. The first-order valence-corrected chi connectivity index (χ1v) is 14.8. The SMILES string of the molecule is COCCn1c(=O)n(CCO)c(=O)n(CCOC(=O)CCN2C(=O)CC(=O)N(CCC(=O)OC(F)(F)C(F)(F)C(F)(F)C(F)(F)C(F)(F)OC)C2=O)c1=O. The second-order valence-corrected chi connectivity index (χ2v) is 10.7. The fraction of sp³-hybridized carbons (Fsp3) is 0.692. The van der Waals surface area contributed by atoms with Crippen molar-refractivity contribution >= 4 is 29.8 Å². The van der Waals surface area contributed by atoms with E-state index >= 15 is 0 Å². The predicted octanol–water partition coefficient (Wildman–Crippen LogP) is -0.404. The minimum atomic E-state index is -7.63. The number of methoxy groups -OCH3 is 2. The first-order valence-electron chi connectivity index (χ1n) is 14.8. The number of nitrogens with zero attached hydrogens (tertiary/aromatic N) is 5. The first-order chi connectivity index (χ1) is 24.8. The van der Waals surface area contributed by atoms with Crippen molar-refractivity contribution in [1.82, 2.24) is 23.5 Å². The van der Waals surface area contributed by atoms with Crippen LogP contribution in [0.3, 0.4) is 0 Å². The summed E-state index contributed by atoms with van der Waals surface area (Å²) < 4.78 is 153. The van der Waals surface area contributed by atoms with Gasteiger partial charge in [-0.2, -0.15) is 43.9 Å². The summed E-state index contributed by atoms with van der Waals surface area (Å²) in [6.45, 7) is -5.26. The van der Waals surface area contributed by atoms with Crippen molar-refractivity contribution in [2.45, 2.75) is 68.9 Å². The number of alkyl halides is 10. The third-order valence-electron chi connectivity index (χ3n) is 7.27. The standard InChI is InChI=1S/C26H29F10N5O13/c1-51-11-8-40-19(48)39(7-10-42)20(49)41(21(40)50)9-12-53-16(45)3-5-37-14(43)13-15(44)38(18(37)47)6-4-17(46)54-26(35,36)24(31,32)22(27,28)23(29,30)25(33,34)52-2/h42H,3-13H2,1-2H3. The van der Waals surface area contributed by atoms with E-state index in [1.54, 1.807) is 0 Å². The number of imide groups is 2. The Kier molecular flexibility index (Phi) is 14.3. The van der Waals surface area contributed by atoms with E-state index < -0.39 is 135 Å². The van der Waals surface area contributed by atoms with Crippen molar-refractivity contribution in [2.75, 3.05) is 47.1 Å². The molecule has 0 atom stereocenters. The van der Waals surface area contributed by atoms with Gasteiger partial charge in [0, 0.05) is 27.3 Å². The summed E-state index contributed by atoms with van der Waals surface area (Å²) in [5.41, 5.74) is -3.37. The highest BCUT2D eigenvalue weighted by Crippen LogP contribution is 2.57. The van der Waals surface area contributed by atoms with Crippen LogP contribution in [0.2, 0.25) is 0 Å². The van der Waals surface area contributed by atoms with Crippen molar-refractivity contribution in [1.29, 1.82) is 0 Å². The number of rotatable bonds is 20. The fourth-order valence-electron chi connectivity index (χ4n) is 4.34. The molecule has 1 aromatic rings. The Balaban J connectivity index is 2.07. The minimum Gasteiger partial charge on any atom is -0.464 e. The quantitative estimate of drug-likeness (QED) is 0.101. The molecule has 0 spiro atoms. The number of aromatic nitrogens is 3. The molecule has 1 N–H and O–H groups in total. The molecule has 0 aromatic carbocycles. The van der Waals surface area contributed by atoms with E-state index in [0.717, 1.165) is 0 Å². The monoisotopic (exact) mass is 809 g/mol. The van der Waals surface area contributed by atoms with Crippen molar-refractivity contribution in [3.8, 4) is 0 Å². The van der Waals surface area contributed by atoms with Crippen LogP contribution in [0, 0.1) is 0 Å². The summed E-state index contributed by atoms with van der Waals surface area (Å²) in [5.74, 6) is -29.0. The summed E-state index contributed by atoms with van der Waals surface area (Å²) in [7, 11) is 0.917. The van der Waals surface area contributed by atoms with Crippen LogP contribution in [0.1, 0.15) is 19.3 Å². The zero-order valence-corrected chi connectivity index (χ0v) is 27.6. The molecule has 4 amide bonds. The van der Waals surface area contributed by atoms with Gasteiger partial charge >= 0.3 is 65.0 Å². The predicted molar refractivity (Wildman–Crippen MR) is 150 cm³/mol. The number of amides is 4. The molecule has 1 aliphatic heterocycles. The number of barbiturate groups is 1. The lowest BCUT2D eigenvalue weighted by Gasteiger charge is -2.37. The van der Waals surface area contributed by atoms with Crippen LogP contribution >= 0.6 is 0 Å². The molecule has 1 saturated heterocycles. The molecule has 1 aliphatic rings. The van der Waals surface area contributed by atoms with Crippen molar-refractivity contribution < 1.29 is 91.9 Å². The first kappa shape index (κ1) is 45.3. The molecule has 28 heteroatoms. The van der Waals surface area contributed by atoms with Gasteiger partial charge in [-0.1, -0.05) is 0 Å². The van der Waals surface area contributed by atoms with Gasteiger partial charge in [0.05, 0.1) is 45.7 Å². The van der Waals surface area contributed by atoms with Gasteiger partial charge in [0.15, 0.2) is 0 Å². The van der Waals surface area contributed by atoms with E-state index in [2.05, 4.69) is 9.47 Å². The number of hydrogen-bond acceptors (Lipinski definition) is 13. The van der Waals surface area contributed by atoms with E-state index in [9.17, 15) is 87.4 Å². The van der Waals surface area contributed by atoms with Crippen LogP contribution in [0.15, 0.2) is 14.4 Å². The van der Waals surface area contributed by atoms with Gasteiger partial charge in [-0.25, -0.2) is 32.9 Å². The highest BCUT2D eigenvalue weighted by molar-refractivity contribution is 6.14. The molecule has 0 unspecified atom stereocenters. The van der Waals surface area contributed by atoms with Crippen LogP contribution in [-0.2, 0) is 57.8 Å². The summed E-state index contributed by atoms with van der Waals surface area (Å²) >= 11 is 0. The van der Waals surface area contributed by atoms with Gasteiger partial charge in [0.2, 0.25) is 11.8 Å². The Morgan fingerprint density at radius 1 is 0.611 bits per heavy atom. The van der Waals surface area contributed by atoms with Crippen LogP contribution in [0.4, 0.5) is 48.7 Å². The van der Waals surface area contributed by atoms with Crippen LogP contribution in [-0.4, -0.2) is 136 Å². The number of carbonyl (C=O) groups excluding carboxylic acids is 5. The minimum absolute atomic E-state index is 0.0332. The molecule has 0 radical (unpaired) electrons. The number of carbonyl (C=O) groups is 5. The molecule has 18 nitrogen and oxygen atoms in total.